The highest BCUT2D eigenvalue weighted by Gasteiger charge is 2.23. The summed E-state index contributed by atoms with van der Waals surface area (Å²) in [5, 5.41) is 22.1. The zero-order valence-electron chi connectivity index (χ0n) is 16.4. The summed E-state index contributed by atoms with van der Waals surface area (Å²) in [5.74, 6) is -0.293. The van der Waals surface area contributed by atoms with Gasteiger partial charge in [0.15, 0.2) is 0 Å². The van der Waals surface area contributed by atoms with Crippen molar-refractivity contribution in [2.45, 2.75) is 12.3 Å². The van der Waals surface area contributed by atoms with E-state index in [4.69, 9.17) is 4.42 Å². The standard InChI is InChI=1S/C24H18N2O5/c27-25(28)21-10-6-18(7-11-21)24(19-8-12-22(13-9-19)26(29)30)23-16-31-15-20(23)14-17-4-2-1-3-5-17/h1-13,15-16,24H,14H2. The van der Waals surface area contributed by atoms with Gasteiger partial charge >= 0.3 is 0 Å². The van der Waals surface area contributed by atoms with Crippen LogP contribution >= 0.6 is 0 Å². The van der Waals surface area contributed by atoms with Crippen molar-refractivity contribution in [1.29, 1.82) is 0 Å². The average Bonchev–Trinajstić information content (AvgIpc) is 3.23. The quantitative estimate of drug-likeness (QED) is 0.278. The van der Waals surface area contributed by atoms with Crippen LogP contribution < -0.4 is 0 Å². The van der Waals surface area contributed by atoms with Crippen LogP contribution in [0.25, 0.3) is 0 Å². The highest BCUT2D eigenvalue weighted by Crippen LogP contribution is 2.36. The smallest absolute Gasteiger partial charge is 0.269 e. The van der Waals surface area contributed by atoms with E-state index in [1.165, 1.54) is 24.3 Å². The van der Waals surface area contributed by atoms with Crippen molar-refractivity contribution < 1.29 is 14.3 Å². The van der Waals surface area contributed by atoms with Crippen LogP contribution in [0.1, 0.15) is 33.7 Å². The van der Waals surface area contributed by atoms with Gasteiger partial charge < -0.3 is 4.42 Å². The molecule has 0 aliphatic heterocycles. The maximum atomic E-state index is 11.1. The molecule has 7 heteroatoms. The van der Waals surface area contributed by atoms with Gasteiger partial charge in [0.25, 0.3) is 11.4 Å². The van der Waals surface area contributed by atoms with Gasteiger partial charge in [-0.3, -0.25) is 20.2 Å². The lowest BCUT2D eigenvalue weighted by Gasteiger charge is -2.18. The number of benzene rings is 3. The number of hydrogen-bond donors (Lipinski definition) is 0. The zero-order valence-corrected chi connectivity index (χ0v) is 16.4. The monoisotopic (exact) mass is 414 g/mol. The van der Waals surface area contributed by atoms with Gasteiger partial charge in [-0.25, -0.2) is 0 Å². The molecule has 0 N–H and O–H groups in total. The van der Waals surface area contributed by atoms with Crippen molar-refractivity contribution in [3.05, 3.63) is 139 Å². The Morgan fingerprint density at radius 2 is 1.23 bits per heavy atom. The molecule has 0 atom stereocenters. The van der Waals surface area contributed by atoms with Gasteiger partial charge in [-0.1, -0.05) is 54.6 Å². The fourth-order valence-corrected chi connectivity index (χ4v) is 3.67. The summed E-state index contributed by atoms with van der Waals surface area (Å²) < 4.78 is 5.55. The number of furan rings is 1. The topological polar surface area (TPSA) is 99.4 Å². The SMILES string of the molecule is O=[N+]([O-])c1ccc(C(c2ccc([N+](=O)[O-])cc2)c2cocc2Cc2ccccc2)cc1. The Kier molecular flexibility index (Phi) is 5.57. The first-order valence-corrected chi connectivity index (χ1v) is 9.60. The Morgan fingerprint density at radius 3 is 1.71 bits per heavy atom. The second-order valence-corrected chi connectivity index (χ2v) is 7.15. The summed E-state index contributed by atoms with van der Waals surface area (Å²) in [5.41, 5.74) is 4.67. The first-order valence-electron chi connectivity index (χ1n) is 9.60. The highest BCUT2D eigenvalue weighted by molar-refractivity contribution is 5.49. The molecule has 0 saturated carbocycles. The highest BCUT2D eigenvalue weighted by atomic mass is 16.6. The van der Waals surface area contributed by atoms with Crippen LogP contribution in [0.5, 0.6) is 0 Å². The van der Waals surface area contributed by atoms with Crippen molar-refractivity contribution in [2.24, 2.45) is 0 Å². The van der Waals surface area contributed by atoms with Crippen LogP contribution in [0, 0.1) is 20.2 Å². The van der Waals surface area contributed by atoms with Crippen molar-refractivity contribution in [1.82, 2.24) is 0 Å². The van der Waals surface area contributed by atoms with Gasteiger partial charge in [0.1, 0.15) is 0 Å². The van der Waals surface area contributed by atoms with Crippen LogP contribution in [0.4, 0.5) is 11.4 Å². The first-order chi connectivity index (χ1) is 15.0. The summed E-state index contributed by atoms with van der Waals surface area (Å²) in [6.07, 6.45) is 4.03. The summed E-state index contributed by atoms with van der Waals surface area (Å²) in [7, 11) is 0. The number of non-ortho nitro benzene ring substituents is 2. The average molecular weight is 414 g/mol. The maximum Gasteiger partial charge on any atom is 0.269 e. The Bertz CT molecular complexity index is 1140. The van der Waals surface area contributed by atoms with E-state index in [9.17, 15) is 20.2 Å². The Labute approximate surface area is 177 Å². The van der Waals surface area contributed by atoms with Gasteiger partial charge in [0, 0.05) is 42.2 Å². The van der Waals surface area contributed by atoms with E-state index in [1.807, 2.05) is 30.3 Å². The lowest BCUT2D eigenvalue weighted by Crippen LogP contribution is -2.06. The molecule has 154 valence electrons. The fraction of sp³-hybridized carbons (Fsp3) is 0.0833. The molecule has 0 bridgehead atoms. The molecule has 4 aromatic rings. The van der Waals surface area contributed by atoms with Crippen molar-refractivity contribution in [2.75, 3.05) is 0 Å². The molecule has 31 heavy (non-hydrogen) atoms. The minimum Gasteiger partial charge on any atom is -0.472 e. The van der Waals surface area contributed by atoms with E-state index in [0.29, 0.717) is 6.42 Å². The van der Waals surface area contributed by atoms with Crippen LogP contribution in [0.3, 0.4) is 0 Å². The lowest BCUT2D eigenvalue weighted by molar-refractivity contribution is -0.385. The van der Waals surface area contributed by atoms with Crippen molar-refractivity contribution in [3.8, 4) is 0 Å². The summed E-state index contributed by atoms with van der Waals surface area (Å²) in [4.78, 5) is 21.2. The van der Waals surface area contributed by atoms with Gasteiger partial charge in [-0.2, -0.15) is 0 Å². The van der Waals surface area contributed by atoms with Gasteiger partial charge in [-0.05, 0) is 22.3 Å². The predicted octanol–water partition coefficient (Wildman–Crippen LogP) is 5.87. The number of nitrogens with zero attached hydrogens (tertiary/aromatic N) is 2. The molecule has 0 amide bonds. The summed E-state index contributed by atoms with van der Waals surface area (Å²) in [6.45, 7) is 0. The minimum absolute atomic E-state index is 0.00269. The zero-order chi connectivity index (χ0) is 21.8. The molecule has 0 unspecified atom stereocenters. The number of nitro groups is 2. The van der Waals surface area contributed by atoms with E-state index in [-0.39, 0.29) is 17.3 Å². The largest absolute Gasteiger partial charge is 0.472 e. The molecular formula is C24H18N2O5. The van der Waals surface area contributed by atoms with Gasteiger partial charge in [0.2, 0.25) is 0 Å². The lowest BCUT2D eigenvalue weighted by atomic mass is 9.83. The summed E-state index contributed by atoms with van der Waals surface area (Å²) in [6, 6.07) is 22.7. The third kappa shape index (κ3) is 4.35. The molecule has 4 rings (SSSR count). The predicted molar refractivity (Wildman–Crippen MR) is 115 cm³/mol. The molecule has 0 spiro atoms. The van der Waals surface area contributed by atoms with Crippen molar-refractivity contribution in [3.63, 3.8) is 0 Å². The van der Waals surface area contributed by atoms with Crippen LogP contribution in [0.2, 0.25) is 0 Å². The molecule has 3 aromatic carbocycles. The molecule has 0 radical (unpaired) electrons. The van der Waals surface area contributed by atoms with E-state index in [1.54, 1.807) is 36.8 Å². The molecule has 1 heterocycles. The number of nitro benzene ring substituents is 2. The number of hydrogen-bond acceptors (Lipinski definition) is 5. The van der Waals surface area contributed by atoms with E-state index in [0.717, 1.165) is 27.8 Å². The second kappa shape index (κ2) is 8.62. The molecular weight excluding hydrogens is 396 g/mol. The van der Waals surface area contributed by atoms with E-state index in [2.05, 4.69) is 0 Å². The van der Waals surface area contributed by atoms with Gasteiger partial charge in [0.05, 0.1) is 22.4 Å². The fourth-order valence-electron chi connectivity index (χ4n) is 3.67. The number of rotatable bonds is 7. The van der Waals surface area contributed by atoms with E-state index < -0.39 is 9.85 Å². The Hall–Kier alpha value is -4.26. The third-order valence-electron chi connectivity index (χ3n) is 5.20. The second-order valence-electron chi connectivity index (χ2n) is 7.15. The first kappa shape index (κ1) is 20.0. The van der Waals surface area contributed by atoms with Crippen molar-refractivity contribution >= 4 is 11.4 Å². The molecule has 7 nitrogen and oxygen atoms in total. The molecule has 0 aliphatic carbocycles. The third-order valence-corrected chi connectivity index (χ3v) is 5.20. The molecule has 1 aromatic heterocycles. The molecule has 0 aliphatic rings. The van der Waals surface area contributed by atoms with Crippen LogP contribution in [0.15, 0.2) is 95.8 Å². The normalized spacial score (nSPS) is 10.9. The Morgan fingerprint density at radius 1 is 0.710 bits per heavy atom. The Balaban J connectivity index is 1.78. The minimum atomic E-state index is -0.441. The van der Waals surface area contributed by atoms with Gasteiger partial charge in [-0.15, -0.1) is 0 Å². The molecule has 0 saturated heterocycles. The van der Waals surface area contributed by atoms with Crippen LogP contribution in [-0.4, -0.2) is 9.85 Å². The van der Waals surface area contributed by atoms with E-state index >= 15 is 0 Å². The maximum absolute atomic E-state index is 11.1. The summed E-state index contributed by atoms with van der Waals surface area (Å²) >= 11 is 0. The van der Waals surface area contributed by atoms with Crippen LogP contribution in [-0.2, 0) is 6.42 Å². The molecule has 0 fully saturated rings.